The van der Waals surface area contributed by atoms with Gasteiger partial charge in [-0.15, -0.1) is 0 Å². The smallest absolute Gasteiger partial charge is 0.192 e. The Labute approximate surface area is 82.8 Å². The summed E-state index contributed by atoms with van der Waals surface area (Å²) in [5.41, 5.74) is 13.4. The standard InChI is InChI=1S/C10H14N2O2/c1-10(13-4-5-14-10)7-2-3-8(11)9(12)6-7/h2-3,6H,4-5,11-12H2,1H3. The quantitative estimate of drug-likeness (QED) is 0.656. The van der Waals surface area contributed by atoms with Gasteiger partial charge in [-0.1, -0.05) is 6.07 Å². The highest BCUT2D eigenvalue weighted by molar-refractivity contribution is 5.64. The van der Waals surface area contributed by atoms with Crippen LogP contribution in [-0.2, 0) is 15.3 Å². The van der Waals surface area contributed by atoms with Crippen LogP contribution in [0.3, 0.4) is 0 Å². The molecule has 0 aliphatic carbocycles. The molecule has 0 spiro atoms. The maximum Gasteiger partial charge on any atom is 0.192 e. The Bertz CT molecular complexity index is 346. The van der Waals surface area contributed by atoms with Crippen LogP contribution < -0.4 is 11.5 Å². The van der Waals surface area contributed by atoms with Crippen LogP contribution in [0, 0.1) is 0 Å². The zero-order valence-electron chi connectivity index (χ0n) is 8.12. The van der Waals surface area contributed by atoms with Crippen molar-refractivity contribution in [3.8, 4) is 0 Å². The molecule has 76 valence electrons. The first-order valence-electron chi connectivity index (χ1n) is 4.55. The third kappa shape index (κ3) is 1.42. The van der Waals surface area contributed by atoms with E-state index in [-0.39, 0.29) is 0 Å². The lowest BCUT2D eigenvalue weighted by Crippen LogP contribution is -2.22. The molecule has 0 bridgehead atoms. The van der Waals surface area contributed by atoms with E-state index in [4.69, 9.17) is 20.9 Å². The lowest BCUT2D eigenvalue weighted by Gasteiger charge is -2.23. The molecule has 0 unspecified atom stereocenters. The fourth-order valence-corrected chi connectivity index (χ4v) is 1.54. The lowest BCUT2D eigenvalue weighted by atomic mass is 10.1. The second kappa shape index (κ2) is 3.15. The van der Waals surface area contributed by atoms with Crippen LogP contribution in [0.5, 0.6) is 0 Å². The normalized spacial score (nSPS) is 19.8. The van der Waals surface area contributed by atoms with Crippen LogP contribution in [-0.4, -0.2) is 13.2 Å². The van der Waals surface area contributed by atoms with Crippen LogP contribution in [0.25, 0.3) is 0 Å². The molecule has 1 aromatic carbocycles. The van der Waals surface area contributed by atoms with Gasteiger partial charge in [-0.05, 0) is 19.1 Å². The Morgan fingerprint density at radius 1 is 1.14 bits per heavy atom. The minimum atomic E-state index is -0.665. The van der Waals surface area contributed by atoms with Crippen molar-refractivity contribution in [3.05, 3.63) is 23.8 Å². The van der Waals surface area contributed by atoms with Crippen molar-refractivity contribution in [2.75, 3.05) is 24.7 Å². The van der Waals surface area contributed by atoms with Gasteiger partial charge in [-0.25, -0.2) is 0 Å². The zero-order chi connectivity index (χ0) is 10.2. The highest BCUT2D eigenvalue weighted by Gasteiger charge is 2.33. The van der Waals surface area contributed by atoms with Gasteiger partial charge in [-0.3, -0.25) is 0 Å². The van der Waals surface area contributed by atoms with Crippen molar-refractivity contribution in [2.24, 2.45) is 0 Å². The van der Waals surface area contributed by atoms with Gasteiger partial charge in [0.05, 0.1) is 24.6 Å². The minimum Gasteiger partial charge on any atom is -0.397 e. The molecule has 4 nitrogen and oxygen atoms in total. The van der Waals surface area contributed by atoms with E-state index in [9.17, 15) is 0 Å². The lowest BCUT2D eigenvalue weighted by molar-refractivity contribution is -0.149. The molecule has 1 fully saturated rings. The Morgan fingerprint density at radius 3 is 2.36 bits per heavy atom. The van der Waals surface area contributed by atoms with Crippen molar-refractivity contribution in [1.29, 1.82) is 0 Å². The number of hydrogen-bond donors (Lipinski definition) is 2. The molecule has 0 radical (unpaired) electrons. The Balaban J connectivity index is 2.36. The first-order valence-corrected chi connectivity index (χ1v) is 4.55. The van der Waals surface area contributed by atoms with E-state index >= 15 is 0 Å². The number of benzene rings is 1. The fraction of sp³-hybridized carbons (Fsp3) is 0.400. The van der Waals surface area contributed by atoms with E-state index in [1.807, 2.05) is 13.0 Å². The first kappa shape index (κ1) is 9.30. The zero-order valence-corrected chi connectivity index (χ0v) is 8.12. The maximum atomic E-state index is 5.71. The van der Waals surface area contributed by atoms with E-state index in [1.54, 1.807) is 12.1 Å². The number of rotatable bonds is 1. The summed E-state index contributed by atoms with van der Waals surface area (Å²) in [7, 11) is 0. The summed E-state index contributed by atoms with van der Waals surface area (Å²) < 4.78 is 11.0. The molecular weight excluding hydrogens is 180 g/mol. The molecule has 2 rings (SSSR count). The molecule has 1 aromatic rings. The summed E-state index contributed by atoms with van der Waals surface area (Å²) in [4.78, 5) is 0. The van der Waals surface area contributed by atoms with E-state index in [0.717, 1.165) is 5.56 Å². The summed E-state index contributed by atoms with van der Waals surface area (Å²) in [6, 6.07) is 5.43. The minimum absolute atomic E-state index is 0.558. The number of nitrogens with two attached hydrogens (primary N) is 2. The predicted molar refractivity (Wildman–Crippen MR) is 54.5 cm³/mol. The Morgan fingerprint density at radius 2 is 1.79 bits per heavy atom. The summed E-state index contributed by atoms with van der Waals surface area (Å²) in [6.07, 6.45) is 0. The molecule has 14 heavy (non-hydrogen) atoms. The molecule has 4 N–H and O–H groups in total. The largest absolute Gasteiger partial charge is 0.397 e. The maximum absolute atomic E-state index is 5.71. The van der Waals surface area contributed by atoms with Gasteiger partial charge in [0, 0.05) is 5.56 Å². The number of anilines is 2. The SMILES string of the molecule is CC1(c2ccc(N)c(N)c2)OCCO1. The van der Waals surface area contributed by atoms with E-state index < -0.39 is 5.79 Å². The molecule has 4 heteroatoms. The first-order chi connectivity index (χ1) is 6.62. The van der Waals surface area contributed by atoms with Crippen molar-refractivity contribution in [1.82, 2.24) is 0 Å². The van der Waals surface area contributed by atoms with Crippen LogP contribution in [0.2, 0.25) is 0 Å². The Kier molecular flexibility index (Phi) is 2.09. The predicted octanol–water partition coefficient (Wildman–Crippen LogP) is 1.07. The molecule has 1 aliphatic rings. The highest BCUT2D eigenvalue weighted by Crippen LogP contribution is 2.32. The molecule has 0 aromatic heterocycles. The van der Waals surface area contributed by atoms with Gasteiger partial charge < -0.3 is 20.9 Å². The molecule has 1 aliphatic heterocycles. The molecule has 0 amide bonds. The van der Waals surface area contributed by atoms with Gasteiger partial charge in [0.2, 0.25) is 0 Å². The summed E-state index contributed by atoms with van der Waals surface area (Å²) in [6.45, 7) is 3.10. The van der Waals surface area contributed by atoms with Crippen molar-refractivity contribution < 1.29 is 9.47 Å². The molecule has 0 atom stereocenters. The third-order valence-electron chi connectivity index (χ3n) is 2.45. The average Bonchev–Trinajstić information content (AvgIpc) is 2.58. The van der Waals surface area contributed by atoms with E-state index in [0.29, 0.717) is 24.6 Å². The van der Waals surface area contributed by atoms with Gasteiger partial charge in [0.25, 0.3) is 0 Å². The highest BCUT2D eigenvalue weighted by atomic mass is 16.7. The number of nitrogen functional groups attached to an aromatic ring is 2. The number of ether oxygens (including phenoxy) is 2. The summed E-state index contributed by atoms with van der Waals surface area (Å²) >= 11 is 0. The third-order valence-corrected chi connectivity index (χ3v) is 2.45. The van der Waals surface area contributed by atoms with Crippen molar-refractivity contribution in [3.63, 3.8) is 0 Å². The summed E-state index contributed by atoms with van der Waals surface area (Å²) in [5, 5.41) is 0. The molecule has 0 saturated carbocycles. The van der Waals surface area contributed by atoms with Gasteiger partial charge in [0.15, 0.2) is 5.79 Å². The van der Waals surface area contributed by atoms with Crippen LogP contribution >= 0.6 is 0 Å². The van der Waals surface area contributed by atoms with Gasteiger partial charge >= 0.3 is 0 Å². The Hall–Kier alpha value is -1.26. The van der Waals surface area contributed by atoms with Gasteiger partial charge in [0.1, 0.15) is 0 Å². The number of hydrogen-bond acceptors (Lipinski definition) is 4. The monoisotopic (exact) mass is 194 g/mol. The second-order valence-corrected chi connectivity index (χ2v) is 3.49. The van der Waals surface area contributed by atoms with E-state index in [2.05, 4.69) is 0 Å². The van der Waals surface area contributed by atoms with Crippen LogP contribution in [0.15, 0.2) is 18.2 Å². The summed E-state index contributed by atoms with van der Waals surface area (Å²) in [5.74, 6) is -0.665. The molecular formula is C10H14N2O2. The molecule has 1 heterocycles. The average molecular weight is 194 g/mol. The molecule has 1 saturated heterocycles. The topological polar surface area (TPSA) is 70.5 Å². The van der Waals surface area contributed by atoms with Gasteiger partial charge in [-0.2, -0.15) is 0 Å². The van der Waals surface area contributed by atoms with Crippen molar-refractivity contribution in [2.45, 2.75) is 12.7 Å². The second-order valence-electron chi connectivity index (χ2n) is 3.49. The van der Waals surface area contributed by atoms with Crippen LogP contribution in [0.4, 0.5) is 11.4 Å². The van der Waals surface area contributed by atoms with Crippen molar-refractivity contribution >= 4 is 11.4 Å². The fourth-order valence-electron chi connectivity index (χ4n) is 1.54. The van der Waals surface area contributed by atoms with Crippen LogP contribution in [0.1, 0.15) is 12.5 Å². The van der Waals surface area contributed by atoms with E-state index in [1.165, 1.54) is 0 Å².